The van der Waals surface area contributed by atoms with Crippen molar-refractivity contribution in [3.05, 3.63) is 44.1 Å². The van der Waals surface area contributed by atoms with Crippen LogP contribution in [0.25, 0.3) is 4.85 Å². The summed E-state index contributed by atoms with van der Waals surface area (Å²) < 4.78 is 2.01. The van der Waals surface area contributed by atoms with E-state index < -0.39 is 0 Å². The SMILES string of the molecule is [C-]#[N+]Cc1cc(Br)ccc1Br. The first-order valence-corrected chi connectivity index (χ1v) is 4.60. The highest BCUT2D eigenvalue weighted by Gasteiger charge is 2.01. The summed E-state index contributed by atoms with van der Waals surface area (Å²) in [5.74, 6) is 0. The second kappa shape index (κ2) is 3.89. The second-order valence-electron chi connectivity index (χ2n) is 2.05. The quantitative estimate of drug-likeness (QED) is 0.689. The third-order valence-electron chi connectivity index (χ3n) is 1.26. The Bertz CT molecular complexity index is 301. The maximum absolute atomic E-state index is 6.70. The zero-order valence-corrected chi connectivity index (χ0v) is 8.81. The van der Waals surface area contributed by atoms with Crippen LogP contribution in [0.2, 0.25) is 0 Å². The fourth-order valence-corrected chi connectivity index (χ4v) is 1.53. The molecule has 0 saturated carbocycles. The Morgan fingerprint density at radius 3 is 2.73 bits per heavy atom. The predicted molar refractivity (Wildman–Crippen MR) is 52.1 cm³/mol. The Morgan fingerprint density at radius 2 is 2.09 bits per heavy atom. The normalized spacial score (nSPS) is 9.18. The Labute approximate surface area is 82.5 Å². The van der Waals surface area contributed by atoms with Gasteiger partial charge in [0, 0.05) is 14.5 Å². The number of nitrogens with zero attached hydrogens (tertiary/aromatic N) is 1. The molecule has 0 unspecified atom stereocenters. The molecule has 56 valence electrons. The molecule has 0 atom stereocenters. The van der Waals surface area contributed by atoms with Crippen molar-refractivity contribution in [3.8, 4) is 0 Å². The lowest BCUT2D eigenvalue weighted by atomic mass is 10.2. The summed E-state index contributed by atoms with van der Waals surface area (Å²) in [6.45, 7) is 7.13. The van der Waals surface area contributed by atoms with Gasteiger partial charge in [-0.3, -0.25) is 0 Å². The highest BCUT2D eigenvalue weighted by molar-refractivity contribution is 9.11. The molecule has 1 aromatic carbocycles. The minimum absolute atomic E-state index is 0.431. The minimum atomic E-state index is 0.431. The standard InChI is InChI=1S/C8H5Br2N/c1-11-5-6-4-7(9)2-3-8(6)10/h2-4H,5H2. The van der Waals surface area contributed by atoms with Crippen molar-refractivity contribution in [3.63, 3.8) is 0 Å². The molecular formula is C8H5Br2N. The molecule has 0 spiro atoms. The molecule has 0 aliphatic heterocycles. The Balaban J connectivity index is 3.05. The summed E-state index contributed by atoms with van der Waals surface area (Å²) in [5.41, 5.74) is 1.02. The van der Waals surface area contributed by atoms with E-state index in [1.165, 1.54) is 0 Å². The van der Waals surface area contributed by atoms with E-state index in [0.717, 1.165) is 14.5 Å². The molecule has 0 heterocycles. The van der Waals surface area contributed by atoms with E-state index in [1.807, 2.05) is 18.2 Å². The van der Waals surface area contributed by atoms with Gasteiger partial charge >= 0.3 is 0 Å². The number of halogens is 2. The molecule has 0 aliphatic rings. The molecule has 0 amide bonds. The van der Waals surface area contributed by atoms with Crippen LogP contribution in [0.3, 0.4) is 0 Å². The lowest BCUT2D eigenvalue weighted by molar-refractivity contribution is 1.24. The van der Waals surface area contributed by atoms with Crippen molar-refractivity contribution in [1.29, 1.82) is 0 Å². The summed E-state index contributed by atoms with van der Waals surface area (Å²) >= 11 is 6.71. The van der Waals surface area contributed by atoms with Crippen molar-refractivity contribution in [2.45, 2.75) is 6.54 Å². The van der Waals surface area contributed by atoms with Gasteiger partial charge in [0.05, 0.1) is 0 Å². The van der Waals surface area contributed by atoms with Gasteiger partial charge < -0.3 is 4.85 Å². The van der Waals surface area contributed by atoms with Gasteiger partial charge in [-0.05, 0) is 18.2 Å². The van der Waals surface area contributed by atoms with Gasteiger partial charge in [-0.2, -0.15) is 0 Å². The summed E-state index contributed by atoms with van der Waals surface area (Å²) in [7, 11) is 0. The first-order chi connectivity index (χ1) is 5.24. The molecule has 0 N–H and O–H groups in total. The highest BCUT2D eigenvalue weighted by atomic mass is 79.9. The number of benzene rings is 1. The van der Waals surface area contributed by atoms with Crippen molar-refractivity contribution < 1.29 is 0 Å². The maximum atomic E-state index is 6.70. The average molecular weight is 275 g/mol. The Morgan fingerprint density at radius 1 is 1.36 bits per heavy atom. The molecule has 0 bridgehead atoms. The van der Waals surface area contributed by atoms with E-state index in [4.69, 9.17) is 6.57 Å². The topological polar surface area (TPSA) is 4.36 Å². The van der Waals surface area contributed by atoms with Crippen LogP contribution in [0.4, 0.5) is 0 Å². The third-order valence-corrected chi connectivity index (χ3v) is 2.52. The predicted octanol–water partition coefficient (Wildman–Crippen LogP) is 3.63. The fraction of sp³-hybridized carbons (Fsp3) is 0.125. The van der Waals surface area contributed by atoms with E-state index in [2.05, 4.69) is 36.7 Å². The highest BCUT2D eigenvalue weighted by Crippen LogP contribution is 2.21. The van der Waals surface area contributed by atoms with E-state index in [1.54, 1.807) is 0 Å². The van der Waals surface area contributed by atoms with Crippen molar-refractivity contribution >= 4 is 31.9 Å². The van der Waals surface area contributed by atoms with Gasteiger partial charge in [-0.15, -0.1) is 0 Å². The van der Waals surface area contributed by atoms with E-state index in [9.17, 15) is 0 Å². The van der Waals surface area contributed by atoms with Crippen molar-refractivity contribution in [2.75, 3.05) is 0 Å². The largest absolute Gasteiger partial charge is 0.312 e. The van der Waals surface area contributed by atoms with Crippen LogP contribution < -0.4 is 0 Å². The second-order valence-corrected chi connectivity index (χ2v) is 3.82. The van der Waals surface area contributed by atoms with Gasteiger partial charge in [-0.25, -0.2) is 6.57 Å². The van der Waals surface area contributed by atoms with Crippen LogP contribution in [0.1, 0.15) is 5.56 Å². The third kappa shape index (κ3) is 2.32. The van der Waals surface area contributed by atoms with E-state index in [0.29, 0.717) is 6.54 Å². The summed E-state index contributed by atoms with van der Waals surface area (Å²) in [6.07, 6.45) is 0. The summed E-state index contributed by atoms with van der Waals surface area (Å²) in [4.78, 5) is 3.31. The van der Waals surface area contributed by atoms with Crippen molar-refractivity contribution in [1.82, 2.24) is 0 Å². The monoisotopic (exact) mass is 273 g/mol. The number of hydrogen-bond acceptors (Lipinski definition) is 0. The molecular weight excluding hydrogens is 270 g/mol. The zero-order valence-electron chi connectivity index (χ0n) is 5.64. The van der Waals surface area contributed by atoms with Crippen LogP contribution in [0, 0.1) is 6.57 Å². The zero-order chi connectivity index (χ0) is 8.27. The maximum Gasteiger partial charge on any atom is 0.240 e. The van der Waals surface area contributed by atoms with Gasteiger partial charge in [0.1, 0.15) is 0 Å². The van der Waals surface area contributed by atoms with Crippen molar-refractivity contribution in [2.24, 2.45) is 0 Å². The molecule has 1 nitrogen and oxygen atoms in total. The van der Waals surface area contributed by atoms with E-state index in [-0.39, 0.29) is 0 Å². The average Bonchev–Trinajstić information content (AvgIpc) is 1.98. The molecule has 0 aromatic heterocycles. The first-order valence-electron chi connectivity index (χ1n) is 3.01. The molecule has 0 radical (unpaired) electrons. The molecule has 0 fully saturated rings. The van der Waals surface area contributed by atoms with Gasteiger partial charge in [-0.1, -0.05) is 31.9 Å². The lowest BCUT2D eigenvalue weighted by Gasteiger charge is -1.96. The number of rotatable bonds is 1. The Hall–Kier alpha value is -0.330. The van der Waals surface area contributed by atoms with Gasteiger partial charge in [0.15, 0.2) is 0 Å². The summed E-state index contributed by atoms with van der Waals surface area (Å²) in [6, 6.07) is 5.82. The number of hydrogen-bond donors (Lipinski definition) is 0. The fourth-order valence-electron chi connectivity index (χ4n) is 0.750. The van der Waals surface area contributed by atoms with Crippen LogP contribution in [0.5, 0.6) is 0 Å². The smallest absolute Gasteiger partial charge is 0.240 e. The molecule has 11 heavy (non-hydrogen) atoms. The van der Waals surface area contributed by atoms with Crippen LogP contribution >= 0.6 is 31.9 Å². The van der Waals surface area contributed by atoms with Crippen LogP contribution in [-0.2, 0) is 6.54 Å². The minimum Gasteiger partial charge on any atom is -0.312 e. The van der Waals surface area contributed by atoms with Crippen LogP contribution in [0.15, 0.2) is 27.1 Å². The molecule has 3 heteroatoms. The lowest BCUT2D eigenvalue weighted by Crippen LogP contribution is -1.80. The molecule has 1 rings (SSSR count). The van der Waals surface area contributed by atoms with Gasteiger partial charge in [0.2, 0.25) is 6.54 Å². The molecule has 0 saturated heterocycles. The Kier molecular flexibility index (Phi) is 3.10. The van der Waals surface area contributed by atoms with E-state index >= 15 is 0 Å². The molecule has 1 aromatic rings. The molecule has 0 aliphatic carbocycles. The van der Waals surface area contributed by atoms with Gasteiger partial charge in [0.25, 0.3) is 0 Å². The first kappa shape index (κ1) is 8.76. The summed E-state index contributed by atoms with van der Waals surface area (Å²) in [5, 5.41) is 0. The van der Waals surface area contributed by atoms with Crippen LogP contribution in [-0.4, -0.2) is 0 Å².